The van der Waals surface area contributed by atoms with Gasteiger partial charge in [0.25, 0.3) is 0 Å². The lowest BCUT2D eigenvalue weighted by Gasteiger charge is -2.30. The van der Waals surface area contributed by atoms with E-state index in [0.29, 0.717) is 18.4 Å². The summed E-state index contributed by atoms with van der Waals surface area (Å²) in [5.41, 5.74) is 5.39. The largest absolute Gasteiger partial charge is 0.409 e. The Bertz CT molecular complexity index is 201. The first-order valence-corrected chi connectivity index (χ1v) is 5.47. The highest BCUT2D eigenvalue weighted by Gasteiger charge is 2.17. The first kappa shape index (κ1) is 12.3. The molecule has 0 spiro atoms. The van der Waals surface area contributed by atoms with Crippen LogP contribution in [0.4, 0.5) is 0 Å². The molecule has 3 N–H and O–H groups in total. The Hall–Kier alpha value is -0.810. The number of nitrogens with two attached hydrogens (primary N) is 1. The van der Waals surface area contributed by atoms with Gasteiger partial charge in [0.15, 0.2) is 0 Å². The summed E-state index contributed by atoms with van der Waals surface area (Å²) >= 11 is 0. The minimum absolute atomic E-state index is 0.321. The number of likely N-dealkylation sites (tertiary alicyclic amines) is 1. The zero-order valence-corrected chi connectivity index (χ0v) is 9.35. The second kappa shape index (κ2) is 6.63. The van der Waals surface area contributed by atoms with Gasteiger partial charge in [0.2, 0.25) is 0 Å². The Morgan fingerprint density at radius 1 is 1.53 bits per heavy atom. The van der Waals surface area contributed by atoms with Crippen LogP contribution in [0.15, 0.2) is 5.16 Å². The summed E-state index contributed by atoms with van der Waals surface area (Å²) in [6, 6.07) is 0. The number of ether oxygens (including phenoxy) is 1. The van der Waals surface area contributed by atoms with Gasteiger partial charge in [-0.05, 0) is 25.8 Å². The van der Waals surface area contributed by atoms with Crippen LogP contribution in [0.1, 0.15) is 25.7 Å². The van der Waals surface area contributed by atoms with Crippen molar-refractivity contribution in [1.29, 1.82) is 0 Å². The number of oxime groups is 1. The number of nitrogens with zero attached hydrogens (tertiary/aromatic N) is 2. The fourth-order valence-electron chi connectivity index (χ4n) is 1.90. The molecule has 0 unspecified atom stereocenters. The van der Waals surface area contributed by atoms with Crippen molar-refractivity contribution in [3.63, 3.8) is 0 Å². The number of piperidine rings is 1. The van der Waals surface area contributed by atoms with Crippen LogP contribution in [-0.2, 0) is 4.74 Å². The molecule has 0 aromatic rings. The number of hydrogen-bond acceptors (Lipinski definition) is 4. The molecule has 15 heavy (non-hydrogen) atoms. The monoisotopic (exact) mass is 215 g/mol. The number of methoxy groups -OCH3 is 1. The minimum Gasteiger partial charge on any atom is -0.409 e. The SMILES string of the molecule is COC1CCN(CCC/C(N)=N/O)CC1. The second-order valence-corrected chi connectivity index (χ2v) is 3.97. The first-order chi connectivity index (χ1) is 7.26. The highest BCUT2D eigenvalue weighted by Crippen LogP contribution is 2.13. The lowest BCUT2D eigenvalue weighted by atomic mass is 10.1. The van der Waals surface area contributed by atoms with E-state index in [1.54, 1.807) is 7.11 Å². The fraction of sp³-hybridized carbons (Fsp3) is 0.900. The molecule has 0 aromatic carbocycles. The number of hydrogen-bond donors (Lipinski definition) is 2. The van der Waals surface area contributed by atoms with Crippen molar-refractivity contribution >= 4 is 5.84 Å². The predicted molar refractivity (Wildman–Crippen MR) is 59.1 cm³/mol. The molecular weight excluding hydrogens is 194 g/mol. The van der Waals surface area contributed by atoms with Gasteiger partial charge in [0.05, 0.1) is 6.10 Å². The summed E-state index contributed by atoms with van der Waals surface area (Å²) in [5, 5.41) is 11.3. The van der Waals surface area contributed by atoms with E-state index in [0.717, 1.165) is 38.9 Å². The lowest BCUT2D eigenvalue weighted by molar-refractivity contribution is 0.0410. The van der Waals surface area contributed by atoms with Gasteiger partial charge in [-0.2, -0.15) is 0 Å². The topological polar surface area (TPSA) is 71.1 Å². The Morgan fingerprint density at radius 3 is 2.73 bits per heavy atom. The Labute approximate surface area is 90.9 Å². The van der Waals surface area contributed by atoms with Crippen LogP contribution in [-0.4, -0.2) is 48.8 Å². The maximum Gasteiger partial charge on any atom is 0.139 e. The van der Waals surface area contributed by atoms with Gasteiger partial charge in [-0.1, -0.05) is 5.16 Å². The van der Waals surface area contributed by atoms with Gasteiger partial charge in [0.1, 0.15) is 5.84 Å². The van der Waals surface area contributed by atoms with E-state index in [1.165, 1.54) is 0 Å². The molecule has 1 heterocycles. The molecular formula is C10H21N3O2. The van der Waals surface area contributed by atoms with Crippen molar-refractivity contribution < 1.29 is 9.94 Å². The van der Waals surface area contributed by atoms with Crippen molar-refractivity contribution in [2.45, 2.75) is 31.8 Å². The summed E-state index contributed by atoms with van der Waals surface area (Å²) in [6.45, 7) is 3.20. The standard InChI is InChI=1S/C10H21N3O2/c1-15-9-4-7-13(8-5-9)6-2-3-10(11)12-14/h9,14H,2-8H2,1H3,(H2,11,12). The summed E-state index contributed by atoms with van der Waals surface area (Å²) in [6.07, 6.45) is 4.28. The van der Waals surface area contributed by atoms with Crippen LogP contribution >= 0.6 is 0 Å². The quantitative estimate of drug-likeness (QED) is 0.305. The summed E-state index contributed by atoms with van der Waals surface area (Å²) in [5.74, 6) is 0.321. The number of rotatable bonds is 5. The van der Waals surface area contributed by atoms with Crippen LogP contribution in [0.2, 0.25) is 0 Å². The van der Waals surface area contributed by atoms with E-state index in [4.69, 9.17) is 15.7 Å². The zero-order chi connectivity index (χ0) is 11.1. The van der Waals surface area contributed by atoms with Gasteiger partial charge < -0.3 is 20.6 Å². The second-order valence-electron chi connectivity index (χ2n) is 3.97. The molecule has 0 aromatic heterocycles. The first-order valence-electron chi connectivity index (χ1n) is 5.47. The summed E-state index contributed by atoms with van der Waals surface area (Å²) in [7, 11) is 1.78. The Morgan fingerprint density at radius 2 is 2.20 bits per heavy atom. The molecule has 1 aliphatic heterocycles. The van der Waals surface area contributed by atoms with Crippen LogP contribution in [0.25, 0.3) is 0 Å². The number of amidine groups is 1. The third-order valence-electron chi connectivity index (χ3n) is 2.90. The minimum atomic E-state index is 0.321. The maximum absolute atomic E-state index is 8.37. The van der Waals surface area contributed by atoms with Crippen molar-refractivity contribution in [2.24, 2.45) is 10.9 Å². The molecule has 0 atom stereocenters. The fourth-order valence-corrected chi connectivity index (χ4v) is 1.90. The molecule has 5 nitrogen and oxygen atoms in total. The third kappa shape index (κ3) is 4.48. The summed E-state index contributed by atoms with van der Waals surface area (Å²) < 4.78 is 5.30. The zero-order valence-electron chi connectivity index (χ0n) is 9.35. The van der Waals surface area contributed by atoms with Crippen molar-refractivity contribution in [3.8, 4) is 0 Å². The summed E-state index contributed by atoms with van der Waals surface area (Å²) in [4.78, 5) is 2.40. The van der Waals surface area contributed by atoms with Gasteiger partial charge in [-0.15, -0.1) is 0 Å². The van der Waals surface area contributed by atoms with Gasteiger partial charge in [-0.3, -0.25) is 0 Å². The molecule has 1 fully saturated rings. The van der Waals surface area contributed by atoms with Gasteiger partial charge in [-0.25, -0.2) is 0 Å². The third-order valence-corrected chi connectivity index (χ3v) is 2.90. The smallest absolute Gasteiger partial charge is 0.139 e. The Kier molecular flexibility index (Phi) is 5.42. The molecule has 0 bridgehead atoms. The van der Waals surface area contributed by atoms with Crippen LogP contribution in [0.5, 0.6) is 0 Å². The molecule has 0 radical (unpaired) electrons. The van der Waals surface area contributed by atoms with E-state index in [2.05, 4.69) is 10.1 Å². The van der Waals surface area contributed by atoms with Gasteiger partial charge in [0, 0.05) is 26.6 Å². The van der Waals surface area contributed by atoms with E-state index in [9.17, 15) is 0 Å². The van der Waals surface area contributed by atoms with Crippen LogP contribution in [0.3, 0.4) is 0 Å². The van der Waals surface area contributed by atoms with E-state index >= 15 is 0 Å². The lowest BCUT2D eigenvalue weighted by Crippen LogP contribution is -2.37. The molecule has 88 valence electrons. The van der Waals surface area contributed by atoms with Crippen LogP contribution in [0, 0.1) is 0 Å². The van der Waals surface area contributed by atoms with Gasteiger partial charge >= 0.3 is 0 Å². The highest BCUT2D eigenvalue weighted by atomic mass is 16.5. The van der Waals surface area contributed by atoms with Crippen molar-refractivity contribution in [2.75, 3.05) is 26.7 Å². The molecule has 0 amide bonds. The molecule has 1 aliphatic rings. The molecule has 5 heteroatoms. The van der Waals surface area contributed by atoms with Crippen LogP contribution < -0.4 is 5.73 Å². The normalized spacial score (nSPS) is 20.7. The van der Waals surface area contributed by atoms with E-state index < -0.39 is 0 Å². The molecule has 1 saturated heterocycles. The molecule has 0 saturated carbocycles. The maximum atomic E-state index is 8.37. The average Bonchev–Trinajstić information content (AvgIpc) is 2.29. The van der Waals surface area contributed by atoms with E-state index in [1.807, 2.05) is 0 Å². The molecule has 0 aliphatic carbocycles. The average molecular weight is 215 g/mol. The van der Waals surface area contributed by atoms with Crippen molar-refractivity contribution in [3.05, 3.63) is 0 Å². The highest BCUT2D eigenvalue weighted by molar-refractivity contribution is 5.79. The van der Waals surface area contributed by atoms with Crippen molar-refractivity contribution in [1.82, 2.24) is 4.90 Å². The predicted octanol–water partition coefficient (Wildman–Crippen LogP) is 0.624. The Balaban J connectivity index is 2.08. The van der Waals surface area contributed by atoms with E-state index in [-0.39, 0.29) is 0 Å². The molecule has 1 rings (SSSR count).